The fourth-order valence-electron chi connectivity index (χ4n) is 3.41. The van der Waals surface area contributed by atoms with Crippen LogP contribution in [0.5, 0.6) is 0 Å². The van der Waals surface area contributed by atoms with Crippen LogP contribution in [0, 0.1) is 5.41 Å². The second kappa shape index (κ2) is 3.06. The Morgan fingerprint density at radius 3 is 2.07 bits per heavy atom. The number of hydrogen-bond donors (Lipinski definition) is 0. The maximum Gasteiger partial charge on any atom is 0.0458 e. The zero-order valence-electron chi connectivity index (χ0n) is 8.19. The van der Waals surface area contributed by atoms with E-state index in [1.807, 2.05) is 18.2 Å². The predicted octanol–water partition coefficient (Wildman–Crippen LogP) is 4.65. The van der Waals surface area contributed by atoms with Gasteiger partial charge in [0.15, 0.2) is 0 Å². The first-order chi connectivity index (χ1) is 7.11. The molecule has 3 fully saturated rings. The van der Waals surface area contributed by atoms with Crippen LogP contribution < -0.4 is 0 Å². The molecule has 0 unspecified atom stereocenters. The zero-order chi connectivity index (χ0) is 10.7. The molecule has 3 aliphatic carbocycles. The average molecular weight is 262 g/mol. The molecule has 0 N–H and O–H groups in total. The molecule has 80 valence electrons. The lowest BCUT2D eigenvalue weighted by Crippen LogP contribution is -2.65. The van der Waals surface area contributed by atoms with E-state index in [2.05, 4.69) is 0 Å². The molecule has 2 bridgehead atoms. The molecule has 0 spiro atoms. The Morgan fingerprint density at radius 2 is 1.60 bits per heavy atom. The molecule has 3 saturated carbocycles. The van der Waals surface area contributed by atoms with Crippen molar-refractivity contribution in [2.75, 3.05) is 5.88 Å². The monoisotopic (exact) mass is 260 g/mol. The Kier molecular flexibility index (Phi) is 2.09. The third-order valence-corrected chi connectivity index (χ3v) is 5.11. The van der Waals surface area contributed by atoms with E-state index in [4.69, 9.17) is 34.8 Å². The molecule has 0 atom stereocenters. The van der Waals surface area contributed by atoms with E-state index in [0.29, 0.717) is 5.41 Å². The van der Waals surface area contributed by atoms with Gasteiger partial charge in [0, 0.05) is 15.9 Å². The zero-order valence-corrected chi connectivity index (χ0v) is 10.5. The van der Waals surface area contributed by atoms with Gasteiger partial charge in [0.05, 0.1) is 0 Å². The summed E-state index contributed by atoms with van der Waals surface area (Å²) < 4.78 is 0. The maximum absolute atomic E-state index is 6.22. The van der Waals surface area contributed by atoms with Crippen molar-refractivity contribution < 1.29 is 0 Å². The minimum absolute atomic E-state index is 0.254. The molecule has 0 nitrogen and oxygen atoms in total. The summed E-state index contributed by atoms with van der Waals surface area (Å²) in [6, 6.07) is 5.75. The van der Waals surface area contributed by atoms with E-state index in [1.165, 1.54) is 0 Å². The predicted molar refractivity (Wildman–Crippen MR) is 65.1 cm³/mol. The highest BCUT2D eigenvalue weighted by Crippen LogP contribution is 2.75. The molecule has 0 amide bonds. The van der Waals surface area contributed by atoms with Crippen LogP contribution in [0.3, 0.4) is 0 Å². The van der Waals surface area contributed by atoms with Crippen LogP contribution in [-0.2, 0) is 5.41 Å². The van der Waals surface area contributed by atoms with Gasteiger partial charge in [-0.2, -0.15) is 0 Å². The lowest BCUT2D eigenvalue weighted by Gasteiger charge is -2.71. The minimum Gasteiger partial charge on any atom is -0.126 e. The Labute approximate surface area is 105 Å². The lowest BCUT2D eigenvalue weighted by molar-refractivity contribution is -0.122. The molecule has 0 aliphatic heterocycles. The summed E-state index contributed by atoms with van der Waals surface area (Å²) in [6.45, 7) is 0. The summed E-state index contributed by atoms with van der Waals surface area (Å²) in [7, 11) is 0. The topological polar surface area (TPSA) is 0 Å². The highest BCUT2D eigenvalue weighted by atomic mass is 35.5. The second-order valence-corrected chi connectivity index (χ2v) is 6.12. The first kappa shape index (κ1) is 10.3. The third-order valence-electron chi connectivity index (χ3n) is 3.92. The first-order valence-electron chi connectivity index (χ1n) is 5.11. The van der Waals surface area contributed by atoms with Gasteiger partial charge in [-0.05, 0) is 47.8 Å². The summed E-state index contributed by atoms with van der Waals surface area (Å²) in [5, 5.41) is 1.62. The van der Waals surface area contributed by atoms with E-state index in [1.54, 1.807) is 0 Å². The Morgan fingerprint density at radius 1 is 1.07 bits per heavy atom. The van der Waals surface area contributed by atoms with E-state index >= 15 is 0 Å². The second-order valence-electron chi connectivity index (χ2n) is 5.04. The van der Waals surface area contributed by atoms with E-state index < -0.39 is 0 Å². The molecular formula is C12H11Cl3. The van der Waals surface area contributed by atoms with Crippen LogP contribution in [0.2, 0.25) is 10.0 Å². The average Bonchev–Trinajstić information content (AvgIpc) is 2.06. The molecular weight excluding hydrogens is 250 g/mol. The van der Waals surface area contributed by atoms with Crippen molar-refractivity contribution in [3.05, 3.63) is 33.8 Å². The van der Waals surface area contributed by atoms with Crippen LogP contribution in [-0.4, -0.2) is 5.88 Å². The minimum atomic E-state index is 0.254. The lowest BCUT2D eigenvalue weighted by atomic mass is 9.34. The summed E-state index contributed by atoms with van der Waals surface area (Å²) in [5.41, 5.74) is 1.81. The summed E-state index contributed by atoms with van der Waals surface area (Å²) in [4.78, 5) is 0. The molecule has 1 aromatic carbocycles. The van der Waals surface area contributed by atoms with E-state index in [-0.39, 0.29) is 5.41 Å². The molecule has 0 radical (unpaired) electrons. The number of hydrogen-bond acceptors (Lipinski definition) is 0. The fourth-order valence-corrected chi connectivity index (χ4v) is 4.49. The molecule has 3 aliphatic rings. The number of rotatable bonds is 2. The van der Waals surface area contributed by atoms with Crippen molar-refractivity contribution in [1.29, 1.82) is 0 Å². The van der Waals surface area contributed by atoms with Crippen molar-refractivity contribution >= 4 is 34.8 Å². The highest BCUT2D eigenvalue weighted by Gasteiger charge is 2.68. The molecule has 0 heterocycles. The number of benzene rings is 1. The van der Waals surface area contributed by atoms with Gasteiger partial charge in [0.1, 0.15) is 0 Å². The van der Waals surface area contributed by atoms with Gasteiger partial charge in [0.2, 0.25) is 0 Å². The van der Waals surface area contributed by atoms with E-state index in [9.17, 15) is 0 Å². The Bertz CT molecular complexity index is 385. The smallest absolute Gasteiger partial charge is 0.0458 e. The van der Waals surface area contributed by atoms with Gasteiger partial charge in [-0.1, -0.05) is 29.3 Å². The third kappa shape index (κ3) is 1.22. The summed E-state index contributed by atoms with van der Waals surface area (Å²) in [6.07, 6.45) is 3.48. The standard InChI is InChI=1S/C12H11Cl3/c13-7-11-4-12(5-11,6-11)10-8(14)2-1-3-9(10)15/h1-3H,4-7H2. The van der Waals surface area contributed by atoms with Crippen molar-refractivity contribution in [2.45, 2.75) is 24.7 Å². The molecule has 15 heavy (non-hydrogen) atoms. The van der Waals surface area contributed by atoms with Crippen LogP contribution >= 0.6 is 34.8 Å². The summed E-state index contributed by atoms with van der Waals surface area (Å²) >= 11 is 18.4. The van der Waals surface area contributed by atoms with Crippen LogP contribution in [0.15, 0.2) is 18.2 Å². The SMILES string of the molecule is ClCC12CC(c3c(Cl)cccc3Cl)(C1)C2. The van der Waals surface area contributed by atoms with Gasteiger partial charge in [-0.15, -0.1) is 11.6 Å². The molecule has 4 rings (SSSR count). The van der Waals surface area contributed by atoms with Gasteiger partial charge < -0.3 is 0 Å². The largest absolute Gasteiger partial charge is 0.126 e. The molecule has 0 saturated heterocycles. The Hall–Kier alpha value is 0.0900. The van der Waals surface area contributed by atoms with Crippen molar-refractivity contribution in [3.63, 3.8) is 0 Å². The van der Waals surface area contributed by atoms with Gasteiger partial charge in [-0.25, -0.2) is 0 Å². The first-order valence-corrected chi connectivity index (χ1v) is 6.40. The van der Waals surface area contributed by atoms with Gasteiger partial charge in [0.25, 0.3) is 0 Å². The van der Waals surface area contributed by atoms with Crippen molar-refractivity contribution in [2.24, 2.45) is 5.41 Å². The number of alkyl halides is 1. The van der Waals surface area contributed by atoms with Crippen molar-refractivity contribution in [1.82, 2.24) is 0 Å². The molecule has 3 heteroatoms. The van der Waals surface area contributed by atoms with Crippen LogP contribution in [0.4, 0.5) is 0 Å². The van der Waals surface area contributed by atoms with Gasteiger partial charge >= 0.3 is 0 Å². The van der Waals surface area contributed by atoms with Crippen LogP contribution in [0.25, 0.3) is 0 Å². The highest BCUT2D eigenvalue weighted by molar-refractivity contribution is 6.36. The fraction of sp³-hybridized carbons (Fsp3) is 0.500. The maximum atomic E-state index is 6.22. The van der Waals surface area contributed by atoms with Crippen LogP contribution in [0.1, 0.15) is 24.8 Å². The van der Waals surface area contributed by atoms with E-state index in [0.717, 1.165) is 40.8 Å². The quantitative estimate of drug-likeness (QED) is 0.680. The molecule has 1 aromatic rings. The van der Waals surface area contributed by atoms with Crippen molar-refractivity contribution in [3.8, 4) is 0 Å². The normalized spacial score (nSPS) is 37.0. The van der Waals surface area contributed by atoms with Gasteiger partial charge in [-0.3, -0.25) is 0 Å². The Balaban J connectivity index is 1.97. The summed E-state index contributed by atoms with van der Waals surface area (Å²) in [5.74, 6) is 0.775. The molecule has 0 aromatic heterocycles. The number of halogens is 3.